The smallest absolute Gasteiger partial charge is 0.235 e. The van der Waals surface area contributed by atoms with Crippen LogP contribution in [-0.2, 0) is 26.1 Å². The predicted octanol–water partition coefficient (Wildman–Crippen LogP) is -0.708. The number of hydrogen-bond acceptors (Lipinski definition) is 6. The summed E-state index contributed by atoms with van der Waals surface area (Å²) in [6.45, 7) is 3.84. The monoisotopic (exact) mass is 356 g/mol. The van der Waals surface area contributed by atoms with Gasteiger partial charge in [0.1, 0.15) is 0 Å². The number of nitrogens with one attached hydrogen (secondary N) is 1. The van der Waals surface area contributed by atoms with Crippen LogP contribution < -0.4 is 5.32 Å². The fourth-order valence-electron chi connectivity index (χ4n) is 2.35. The number of hydrogen-bond donors (Lipinski definition) is 1. The minimum atomic E-state index is -3.44. The van der Waals surface area contributed by atoms with E-state index >= 15 is 0 Å². The van der Waals surface area contributed by atoms with Gasteiger partial charge in [0.2, 0.25) is 15.9 Å². The first-order valence-corrected chi connectivity index (χ1v) is 9.72. The molecule has 2 heterocycles. The van der Waals surface area contributed by atoms with Crippen LogP contribution in [0.4, 0.5) is 0 Å². The molecule has 0 unspecified atom stereocenters. The van der Waals surface area contributed by atoms with Crippen molar-refractivity contribution in [2.75, 3.05) is 52.2 Å². The molecular weight excluding hydrogens is 332 g/mol. The van der Waals surface area contributed by atoms with Crippen LogP contribution in [0.25, 0.3) is 0 Å². The van der Waals surface area contributed by atoms with Gasteiger partial charge in [-0.3, -0.25) is 14.7 Å². The van der Waals surface area contributed by atoms with Crippen LogP contribution >= 0.6 is 0 Å². The molecule has 0 aliphatic carbocycles. The molecule has 1 amide bonds. The number of carbonyl (C=O) groups is 1. The Morgan fingerprint density at radius 2 is 2.12 bits per heavy atom. The number of ether oxygens (including phenoxy) is 1. The van der Waals surface area contributed by atoms with E-state index < -0.39 is 10.0 Å². The van der Waals surface area contributed by atoms with Crippen molar-refractivity contribution in [3.63, 3.8) is 0 Å². The molecule has 0 bridgehead atoms. The number of amides is 1. The number of morpholine rings is 1. The van der Waals surface area contributed by atoms with E-state index in [0.29, 0.717) is 19.8 Å². The van der Waals surface area contributed by atoms with Crippen molar-refractivity contribution < 1.29 is 17.9 Å². The van der Waals surface area contributed by atoms with Crippen molar-refractivity contribution in [1.29, 1.82) is 0 Å². The van der Waals surface area contributed by atoms with Crippen molar-refractivity contribution in [2.45, 2.75) is 6.54 Å². The third kappa shape index (κ3) is 6.52. The van der Waals surface area contributed by atoms with Gasteiger partial charge in [-0.1, -0.05) is 6.07 Å². The third-order valence-electron chi connectivity index (χ3n) is 3.75. The van der Waals surface area contributed by atoms with Crippen molar-refractivity contribution in [2.24, 2.45) is 0 Å². The van der Waals surface area contributed by atoms with Crippen LogP contribution in [0.5, 0.6) is 0 Å². The summed E-state index contributed by atoms with van der Waals surface area (Å²) >= 11 is 0. The lowest BCUT2D eigenvalue weighted by molar-refractivity contribution is -0.121. The minimum Gasteiger partial charge on any atom is -0.379 e. The standard InChI is InChI=1S/C15H24N4O4S/c1-24(21,22)19(7-6-18-8-10-23-11-9-18)13-15(20)17-12-14-4-2-3-5-16-14/h2-5H,6-13H2,1H3,(H,17,20). The molecule has 134 valence electrons. The summed E-state index contributed by atoms with van der Waals surface area (Å²) in [6, 6.07) is 5.43. The largest absolute Gasteiger partial charge is 0.379 e. The molecule has 1 saturated heterocycles. The zero-order valence-corrected chi connectivity index (χ0v) is 14.7. The highest BCUT2D eigenvalue weighted by Crippen LogP contribution is 2.02. The lowest BCUT2D eigenvalue weighted by Gasteiger charge is -2.29. The van der Waals surface area contributed by atoms with Gasteiger partial charge in [-0.2, -0.15) is 4.31 Å². The summed E-state index contributed by atoms with van der Waals surface area (Å²) in [5, 5.41) is 2.70. The van der Waals surface area contributed by atoms with Crippen LogP contribution in [-0.4, -0.2) is 80.7 Å². The van der Waals surface area contributed by atoms with Crippen molar-refractivity contribution >= 4 is 15.9 Å². The summed E-state index contributed by atoms with van der Waals surface area (Å²) in [5.41, 5.74) is 0.727. The quantitative estimate of drug-likeness (QED) is 0.662. The summed E-state index contributed by atoms with van der Waals surface area (Å²) in [6.07, 6.45) is 2.77. The van der Waals surface area contributed by atoms with E-state index in [9.17, 15) is 13.2 Å². The Morgan fingerprint density at radius 1 is 1.38 bits per heavy atom. The van der Waals surface area contributed by atoms with Gasteiger partial charge in [0, 0.05) is 32.4 Å². The van der Waals surface area contributed by atoms with Gasteiger partial charge in [0.05, 0.1) is 38.3 Å². The van der Waals surface area contributed by atoms with Gasteiger partial charge in [-0.25, -0.2) is 8.42 Å². The SMILES string of the molecule is CS(=O)(=O)N(CCN1CCOCC1)CC(=O)NCc1ccccn1. The van der Waals surface area contributed by atoms with Crippen LogP contribution in [0.15, 0.2) is 24.4 Å². The van der Waals surface area contributed by atoms with Crippen molar-refractivity contribution in [3.05, 3.63) is 30.1 Å². The van der Waals surface area contributed by atoms with Crippen molar-refractivity contribution in [3.8, 4) is 0 Å². The zero-order chi connectivity index (χ0) is 17.4. The highest BCUT2D eigenvalue weighted by molar-refractivity contribution is 7.88. The van der Waals surface area contributed by atoms with E-state index in [1.165, 1.54) is 4.31 Å². The van der Waals surface area contributed by atoms with Gasteiger partial charge >= 0.3 is 0 Å². The molecule has 8 nitrogen and oxygen atoms in total. The molecule has 24 heavy (non-hydrogen) atoms. The Bertz CT molecular complexity index is 618. The maximum atomic E-state index is 12.0. The molecule has 1 aromatic heterocycles. The maximum Gasteiger partial charge on any atom is 0.235 e. The number of aromatic nitrogens is 1. The average molecular weight is 356 g/mol. The first-order valence-electron chi connectivity index (χ1n) is 7.87. The second-order valence-electron chi connectivity index (χ2n) is 5.65. The predicted molar refractivity (Wildman–Crippen MR) is 89.8 cm³/mol. The highest BCUT2D eigenvalue weighted by Gasteiger charge is 2.21. The van der Waals surface area contributed by atoms with E-state index in [2.05, 4.69) is 15.2 Å². The molecule has 9 heteroatoms. The molecular formula is C15H24N4O4S. The van der Waals surface area contributed by atoms with Gasteiger partial charge in [-0.15, -0.1) is 0 Å². The van der Waals surface area contributed by atoms with Crippen LogP contribution in [0, 0.1) is 0 Å². The van der Waals surface area contributed by atoms with E-state index in [1.54, 1.807) is 18.3 Å². The Hall–Kier alpha value is -1.55. The molecule has 1 aliphatic rings. The number of pyridine rings is 1. The summed E-state index contributed by atoms with van der Waals surface area (Å²) in [5.74, 6) is -0.340. The minimum absolute atomic E-state index is 0.185. The molecule has 1 fully saturated rings. The molecule has 1 aromatic rings. The lowest BCUT2D eigenvalue weighted by Crippen LogP contribution is -2.45. The maximum absolute atomic E-state index is 12.0. The second-order valence-corrected chi connectivity index (χ2v) is 7.63. The van der Waals surface area contributed by atoms with Crippen molar-refractivity contribution in [1.82, 2.24) is 19.5 Å². The molecule has 1 aliphatic heterocycles. The van der Waals surface area contributed by atoms with Gasteiger partial charge in [0.25, 0.3) is 0 Å². The molecule has 0 saturated carbocycles. The van der Waals surface area contributed by atoms with Crippen LogP contribution in [0.1, 0.15) is 5.69 Å². The summed E-state index contributed by atoms with van der Waals surface area (Å²) in [7, 11) is -3.44. The normalized spacial score (nSPS) is 16.2. The Balaban J connectivity index is 1.82. The van der Waals surface area contributed by atoms with Crippen LogP contribution in [0.2, 0.25) is 0 Å². The lowest BCUT2D eigenvalue weighted by atomic mass is 10.3. The van der Waals surface area contributed by atoms with E-state index in [1.807, 2.05) is 6.07 Å². The number of nitrogens with zero attached hydrogens (tertiary/aromatic N) is 3. The molecule has 0 atom stereocenters. The molecule has 0 spiro atoms. The number of sulfonamides is 1. The second kappa shape index (κ2) is 9.07. The summed E-state index contributed by atoms with van der Waals surface area (Å²) in [4.78, 5) is 18.3. The highest BCUT2D eigenvalue weighted by atomic mass is 32.2. The fraction of sp³-hybridized carbons (Fsp3) is 0.600. The molecule has 0 aromatic carbocycles. The first kappa shape index (κ1) is 18.8. The Morgan fingerprint density at radius 3 is 2.75 bits per heavy atom. The third-order valence-corrected chi connectivity index (χ3v) is 5.00. The first-order chi connectivity index (χ1) is 11.4. The van der Waals surface area contributed by atoms with Gasteiger partial charge in [0.15, 0.2) is 0 Å². The topological polar surface area (TPSA) is 91.8 Å². The Labute approximate surface area is 142 Å². The fourth-order valence-corrected chi connectivity index (χ4v) is 3.11. The zero-order valence-electron chi connectivity index (χ0n) is 13.8. The van der Waals surface area contributed by atoms with E-state index in [4.69, 9.17) is 4.74 Å². The van der Waals surface area contributed by atoms with Gasteiger partial charge in [-0.05, 0) is 12.1 Å². The van der Waals surface area contributed by atoms with E-state index in [-0.39, 0.29) is 25.5 Å². The summed E-state index contributed by atoms with van der Waals surface area (Å²) < 4.78 is 30.3. The van der Waals surface area contributed by atoms with Crippen LogP contribution in [0.3, 0.4) is 0 Å². The molecule has 1 N–H and O–H groups in total. The Kier molecular flexibility index (Phi) is 7.10. The van der Waals surface area contributed by atoms with Gasteiger partial charge < -0.3 is 10.1 Å². The molecule has 0 radical (unpaired) electrons. The van der Waals surface area contributed by atoms with E-state index in [0.717, 1.165) is 25.0 Å². The number of rotatable bonds is 8. The molecule has 2 rings (SSSR count). The average Bonchev–Trinajstić information content (AvgIpc) is 2.57. The number of carbonyl (C=O) groups excluding carboxylic acids is 1.